The molecule has 0 aliphatic carbocycles. The van der Waals surface area contributed by atoms with Crippen molar-refractivity contribution in [3.63, 3.8) is 0 Å². The van der Waals surface area contributed by atoms with E-state index >= 15 is 0 Å². The lowest BCUT2D eigenvalue weighted by Crippen LogP contribution is -2.37. The number of nitrogens with two attached hydrogens (primary N) is 1. The number of rotatable bonds is 4. The number of hydrogen-bond donors (Lipinski definition) is 1. The van der Waals surface area contributed by atoms with Crippen LogP contribution in [0.25, 0.3) is 11.4 Å². The molecule has 1 aromatic carbocycles. The molecule has 1 aliphatic rings. The summed E-state index contributed by atoms with van der Waals surface area (Å²) in [5.74, 6) is 1.90. The third-order valence-corrected chi connectivity index (χ3v) is 4.34. The van der Waals surface area contributed by atoms with Crippen LogP contribution < -0.4 is 5.73 Å². The van der Waals surface area contributed by atoms with E-state index in [2.05, 4.69) is 31.0 Å². The van der Waals surface area contributed by atoms with Gasteiger partial charge in [0.25, 0.3) is 0 Å². The maximum Gasteiger partial charge on any atom is 0.241 e. The number of benzene rings is 1. The first kappa shape index (κ1) is 17.4. The van der Waals surface area contributed by atoms with E-state index in [-0.39, 0.29) is 12.4 Å². The van der Waals surface area contributed by atoms with Crippen LogP contribution in [-0.2, 0) is 6.54 Å². The fourth-order valence-electron chi connectivity index (χ4n) is 2.74. The largest absolute Gasteiger partial charge is 0.338 e. The number of halogens is 2. The van der Waals surface area contributed by atoms with Crippen LogP contribution in [0.1, 0.15) is 18.7 Å². The van der Waals surface area contributed by atoms with Gasteiger partial charge in [-0.05, 0) is 44.0 Å². The van der Waals surface area contributed by atoms with Crippen LogP contribution in [0.3, 0.4) is 0 Å². The summed E-state index contributed by atoms with van der Waals surface area (Å²) in [6, 6.07) is 7.90. The second-order valence-corrected chi connectivity index (χ2v) is 6.42. The molecule has 2 N–H and O–H groups in total. The van der Waals surface area contributed by atoms with Gasteiger partial charge in [0.2, 0.25) is 11.7 Å². The first-order valence-corrected chi connectivity index (χ1v) is 8.05. The highest BCUT2D eigenvalue weighted by Crippen LogP contribution is 2.22. The molecule has 120 valence electrons. The molecule has 1 fully saturated rings. The topological polar surface area (TPSA) is 68.2 Å². The van der Waals surface area contributed by atoms with E-state index in [0.717, 1.165) is 29.7 Å². The molecule has 0 saturated carbocycles. The van der Waals surface area contributed by atoms with Gasteiger partial charge in [-0.2, -0.15) is 4.98 Å². The smallest absolute Gasteiger partial charge is 0.241 e. The Hall–Kier alpha value is -0.950. The van der Waals surface area contributed by atoms with Gasteiger partial charge in [0.15, 0.2) is 0 Å². The SMILES string of the molecule is Cl.NCC1CCCN(Cc2nc(-c3cccc(Br)c3)no2)C1. The molecule has 3 rings (SSSR count). The molecular weight excluding hydrogens is 368 g/mol. The monoisotopic (exact) mass is 386 g/mol. The molecule has 22 heavy (non-hydrogen) atoms. The second-order valence-electron chi connectivity index (χ2n) is 5.50. The van der Waals surface area contributed by atoms with Gasteiger partial charge in [0, 0.05) is 16.6 Å². The zero-order valence-corrected chi connectivity index (χ0v) is 14.6. The van der Waals surface area contributed by atoms with E-state index in [1.165, 1.54) is 12.8 Å². The van der Waals surface area contributed by atoms with Crippen molar-refractivity contribution in [1.82, 2.24) is 15.0 Å². The summed E-state index contributed by atoms with van der Waals surface area (Å²) >= 11 is 3.45. The molecule has 1 saturated heterocycles. The quantitative estimate of drug-likeness (QED) is 0.873. The minimum atomic E-state index is 0. The first-order valence-electron chi connectivity index (χ1n) is 7.25. The van der Waals surface area contributed by atoms with Gasteiger partial charge in [-0.25, -0.2) is 0 Å². The van der Waals surface area contributed by atoms with Gasteiger partial charge >= 0.3 is 0 Å². The molecule has 0 radical (unpaired) electrons. The molecule has 5 nitrogen and oxygen atoms in total. The second kappa shape index (κ2) is 8.06. The van der Waals surface area contributed by atoms with E-state index in [9.17, 15) is 0 Å². The Kier molecular flexibility index (Phi) is 6.37. The molecule has 0 bridgehead atoms. The highest BCUT2D eigenvalue weighted by molar-refractivity contribution is 9.10. The summed E-state index contributed by atoms with van der Waals surface area (Å²) in [5, 5.41) is 4.07. The molecule has 1 unspecified atom stereocenters. The van der Waals surface area contributed by atoms with E-state index in [0.29, 0.717) is 24.2 Å². The average molecular weight is 388 g/mol. The lowest BCUT2D eigenvalue weighted by molar-refractivity contribution is 0.153. The zero-order valence-electron chi connectivity index (χ0n) is 12.2. The summed E-state index contributed by atoms with van der Waals surface area (Å²) in [5.41, 5.74) is 6.73. The Labute approximate surface area is 144 Å². The molecule has 1 aliphatic heterocycles. The molecular formula is C15H20BrClN4O. The number of aromatic nitrogens is 2. The third-order valence-electron chi connectivity index (χ3n) is 3.85. The van der Waals surface area contributed by atoms with E-state index in [1.54, 1.807) is 0 Å². The number of likely N-dealkylation sites (tertiary alicyclic amines) is 1. The minimum absolute atomic E-state index is 0. The van der Waals surface area contributed by atoms with E-state index < -0.39 is 0 Å². The number of hydrogen-bond acceptors (Lipinski definition) is 5. The van der Waals surface area contributed by atoms with Crippen molar-refractivity contribution in [3.05, 3.63) is 34.6 Å². The Morgan fingerprint density at radius 1 is 1.41 bits per heavy atom. The molecule has 1 atom stereocenters. The lowest BCUT2D eigenvalue weighted by Gasteiger charge is -2.30. The maximum atomic E-state index is 5.77. The van der Waals surface area contributed by atoms with Crippen LogP contribution in [0.2, 0.25) is 0 Å². The molecule has 7 heteroatoms. The van der Waals surface area contributed by atoms with Crippen molar-refractivity contribution in [3.8, 4) is 11.4 Å². The fraction of sp³-hybridized carbons (Fsp3) is 0.467. The van der Waals surface area contributed by atoms with E-state index in [1.807, 2.05) is 24.3 Å². The molecule has 2 heterocycles. The summed E-state index contributed by atoms with van der Waals surface area (Å²) in [7, 11) is 0. The normalized spacial score (nSPS) is 18.9. The first-order chi connectivity index (χ1) is 10.2. The summed E-state index contributed by atoms with van der Waals surface area (Å²) < 4.78 is 6.39. The van der Waals surface area contributed by atoms with Crippen LogP contribution >= 0.6 is 28.3 Å². The van der Waals surface area contributed by atoms with Crippen molar-refractivity contribution in [2.24, 2.45) is 11.7 Å². The summed E-state index contributed by atoms with van der Waals surface area (Å²) in [4.78, 5) is 6.84. The summed E-state index contributed by atoms with van der Waals surface area (Å²) in [6.07, 6.45) is 2.41. The van der Waals surface area contributed by atoms with Gasteiger partial charge in [-0.3, -0.25) is 4.90 Å². The standard InChI is InChI=1S/C15H19BrN4O.ClH/c16-13-5-1-4-12(7-13)15-18-14(21-19-15)10-20-6-2-3-11(8-17)9-20;/h1,4-5,7,11H,2-3,6,8-10,17H2;1H. The van der Waals surface area contributed by atoms with Crippen molar-refractivity contribution in [1.29, 1.82) is 0 Å². The van der Waals surface area contributed by atoms with Crippen LogP contribution in [0.15, 0.2) is 33.3 Å². The lowest BCUT2D eigenvalue weighted by atomic mass is 9.98. The molecule has 2 aromatic rings. The van der Waals surface area contributed by atoms with Crippen molar-refractivity contribution in [2.45, 2.75) is 19.4 Å². The Morgan fingerprint density at radius 3 is 3.05 bits per heavy atom. The molecule has 1 aromatic heterocycles. The van der Waals surface area contributed by atoms with Gasteiger partial charge < -0.3 is 10.3 Å². The Morgan fingerprint density at radius 2 is 2.27 bits per heavy atom. The van der Waals surface area contributed by atoms with Crippen LogP contribution in [0.5, 0.6) is 0 Å². The van der Waals surface area contributed by atoms with Crippen molar-refractivity contribution < 1.29 is 4.52 Å². The summed E-state index contributed by atoms with van der Waals surface area (Å²) in [6.45, 7) is 3.55. The number of nitrogens with zero attached hydrogens (tertiary/aromatic N) is 3. The van der Waals surface area contributed by atoms with Gasteiger partial charge in [-0.1, -0.05) is 33.2 Å². The predicted octanol–water partition coefficient (Wildman–Crippen LogP) is 3.09. The van der Waals surface area contributed by atoms with Crippen LogP contribution in [0, 0.1) is 5.92 Å². The Bertz CT molecular complexity index is 607. The predicted molar refractivity (Wildman–Crippen MR) is 91.7 cm³/mol. The minimum Gasteiger partial charge on any atom is -0.338 e. The zero-order chi connectivity index (χ0) is 14.7. The highest BCUT2D eigenvalue weighted by atomic mass is 79.9. The number of piperidine rings is 1. The van der Waals surface area contributed by atoms with Gasteiger partial charge in [-0.15, -0.1) is 12.4 Å². The van der Waals surface area contributed by atoms with Crippen molar-refractivity contribution in [2.75, 3.05) is 19.6 Å². The van der Waals surface area contributed by atoms with Crippen LogP contribution in [-0.4, -0.2) is 34.7 Å². The third kappa shape index (κ3) is 4.29. The fourth-order valence-corrected chi connectivity index (χ4v) is 3.14. The molecule has 0 amide bonds. The van der Waals surface area contributed by atoms with E-state index in [4.69, 9.17) is 10.3 Å². The van der Waals surface area contributed by atoms with Gasteiger partial charge in [0.05, 0.1) is 6.54 Å². The Balaban J connectivity index is 0.00000176. The highest BCUT2D eigenvalue weighted by Gasteiger charge is 2.20. The van der Waals surface area contributed by atoms with Crippen LogP contribution in [0.4, 0.5) is 0 Å². The molecule has 0 spiro atoms. The van der Waals surface area contributed by atoms with Crippen molar-refractivity contribution >= 4 is 28.3 Å². The average Bonchev–Trinajstić information content (AvgIpc) is 2.96. The van der Waals surface area contributed by atoms with Gasteiger partial charge in [0.1, 0.15) is 0 Å². The maximum absolute atomic E-state index is 5.77.